The minimum atomic E-state index is -0.0167. The van der Waals surface area contributed by atoms with Crippen molar-refractivity contribution in [2.75, 3.05) is 13.1 Å². The van der Waals surface area contributed by atoms with Crippen molar-refractivity contribution in [2.24, 2.45) is 5.92 Å². The number of carbonyl (C=O) groups excluding carboxylic acids is 1. The van der Waals surface area contributed by atoms with Gasteiger partial charge in [-0.3, -0.25) is 4.79 Å². The molecule has 1 atom stereocenters. The summed E-state index contributed by atoms with van der Waals surface area (Å²) in [7, 11) is 0. The molecule has 0 aliphatic carbocycles. The van der Waals surface area contributed by atoms with Gasteiger partial charge in [0, 0.05) is 18.5 Å². The van der Waals surface area contributed by atoms with Crippen LogP contribution in [-0.4, -0.2) is 28.9 Å². The van der Waals surface area contributed by atoms with E-state index in [9.17, 15) is 4.79 Å². The third-order valence-corrected chi connectivity index (χ3v) is 3.91. The summed E-state index contributed by atoms with van der Waals surface area (Å²) in [5.74, 6) is 0.553. The van der Waals surface area contributed by atoms with Crippen LogP contribution >= 0.6 is 11.6 Å². The van der Waals surface area contributed by atoms with Crippen molar-refractivity contribution in [3.05, 3.63) is 41.2 Å². The normalized spacial score (nSPS) is 19.1. The first-order valence-electron chi connectivity index (χ1n) is 6.49. The summed E-state index contributed by atoms with van der Waals surface area (Å²) in [6, 6.07) is 9.54. The van der Waals surface area contributed by atoms with Gasteiger partial charge in [0.15, 0.2) is 0 Å². The molecule has 4 heteroatoms. The molecule has 3 rings (SSSR count). The number of rotatable bonds is 1. The Hall–Kier alpha value is -1.61. The standard InChI is InChI=1S/C15H15ClN2O/c1-10-6-7-18(9-10)15(19)13-8-11-4-2-3-5-12(11)14(16)17-13/h2-5,8,10H,6-7,9H2,1H3. The van der Waals surface area contributed by atoms with Gasteiger partial charge in [-0.1, -0.05) is 42.8 Å². The molecule has 1 aromatic carbocycles. The third-order valence-electron chi connectivity index (χ3n) is 3.62. The molecule has 1 unspecified atom stereocenters. The van der Waals surface area contributed by atoms with Crippen LogP contribution in [0.1, 0.15) is 23.8 Å². The molecular formula is C15H15ClN2O. The third kappa shape index (κ3) is 2.30. The van der Waals surface area contributed by atoms with Gasteiger partial charge in [0.2, 0.25) is 0 Å². The first kappa shape index (κ1) is 12.4. The van der Waals surface area contributed by atoms with Gasteiger partial charge in [-0.2, -0.15) is 0 Å². The lowest BCUT2D eigenvalue weighted by Gasteiger charge is -2.15. The quantitative estimate of drug-likeness (QED) is 0.747. The van der Waals surface area contributed by atoms with Crippen LogP contribution in [0.15, 0.2) is 30.3 Å². The number of aromatic nitrogens is 1. The highest BCUT2D eigenvalue weighted by Gasteiger charge is 2.25. The molecule has 1 aliphatic rings. The number of likely N-dealkylation sites (tertiary alicyclic amines) is 1. The van der Waals surface area contributed by atoms with Gasteiger partial charge in [-0.15, -0.1) is 0 Å². The van der Waals surface area contributed by atoms with Gasteiger partial charge in [0.1, 0.15) is 10.8 Å². The summed E-state index contributed by atoms with van der Waals surface area (Å²) in [5.41, 5.74) is 0.442. The molecule has 0 radical (unpaired) electrons. The average molecular weight is 275 g/mol. The lowest BCUT2D eigenvalue weighted by molar-refractivity contribution is 0.0782. The Morgan fingerprint density at radius 3 is 2.95 bits per heavy atom. The lowest BCUT2D eigenvalue weighted by atomic mass is 10.1. The molecule has 3 nitrogen and oxygen atoms in total. The van der Waals surface area contributed by atoms with Gasteiger partial charge >= 0.3 is 0 Å². The molecule has 1 saturated heterocycles. The van der Waals surface area contributed by atoms with Gasteiger partial charge in [-0.25, -0.2) is 4.98 Å². The molecule has 1 aromatic heterocycles. The van der Waals surface area contributed by atoms with Crippen LogP contribution in [0.3, 0.4) is 0 Å². The van der Waals surface area contributed by atoms with Crippen molar-refractivity contribution in [2.45, 2.75) is 13.3 Å². The van der Waals surface area contributed by atoms with Crippen molar-refractivity contribution in [3.63, 3.8) is 0 Å². The number of amides is 1. The number of benzene rings is 1. The van der Waals surface area contributed by atoms with Crippen LogP contribution in [0.5, 0.6) is 0 Å². The Morgan fingerprint density at radius 1 is 1.42 bits per heavy atom. The summed E-state index contributed by atoms with van der Waals surface area (Å²) in [4.78, 5) is 18.5. The highest BCUT2D eigenvalue weighted by Crippen LogP contribution is 2.24. The number of hydrogen-bond donors (Lipinski definition) is 0. The molecule has 0 spiro atoms. The number of fused-ring (bicyclic) bond motifs is 1. The van der Waals surface area contributed by atoms with E-state index in [0.29, 0.717) is 16.8 Å². The second-order valence-electron chi connectivity index (χ2n) is 5.16. The predicted octanol–water partition coefficient (Wildman–Crippen LogP) is 3.37. The number of carbonyl (C=O) groups is 1. The van der Waals surface area contributed by atoms with Crippen molar-refractivity contribution in [1.82, 2.24) is 9.88 Å². The number of nitrogens with zero attached hydrogens (tertiary/aromatic N) is 2. The van der Waals surface area contributed by atoms with Crippen LogP contribution in [0.4, 0.5) is 0 Å². The van der Waals surface area contributed by atoms with E-state index in [1.54, 1.807) is 0 Å². The maximum atomic E-state index is 12.4. The second-order valence-corrected chi connectivity index (χ2v) is 5.52. The summed E-state index contributed by atoms with van der Waals surface area (Å²) < 4.78 is 0. The van der Waals surface area contributed by atoms with E-state index in [-0.39, 0.29) is 5.91 Å². The highest BCUT2D eigenvalue weighted by molar-refractivity contribution is 6.34. The number of halogens is 1. The fraction of sp³-hybridized carbons (Fsp3) is 0.333. The van der Waals surface area contributed by atoms with E-state index in [0.717, 1.165) is 30.3 Å². The summed E-state index contributed by atoms with van der Waals surface area (Å²) in [5, 5.41) is 2.24. The largest absolute Gasteiger partial charge is 0.337 e. The fourth-order valence-corrected chi connectivity index (χ4v) is 2.81. The molecule has 2 heterocycles. The van der Waals surface area contributed by atoms with Gasteiger partial charge in [0.05, 0.1) is 0 Å². The predicted molar refractivity (Wildman–Crippen MR) is 76.4 cm³/mol. The SMILES string of the molecule is CC1CCN(C(=O)c2cc3ccccc3c(Cl)n2)C1. The van der Waals surface area contributed by atoms with Crippen molar-refractivity contribution >= 4 is 28.3 Å². The van der Waals surface area contributed by atoms with Gasteiger partial charge in [0.25, 0.3) is 5.91 Å². The van der Waals surface area contributed by atoms with Gasteiger partial charge < -0.3 is 4.90 Å². The Bertz CT molecular complexity index is 641. The molecular weight excluding hydrogens is 260 g/mol. The smallest absolute Gasteiger partial charge is 0.272 e. The average Bonchev–Trinajstić information content (AvgIpc) is 2.84. The molecule has 0 bridgehead atoms. The molecule has 0 N–H and O–H groups in total. The van der Waals surface area contributed by atoms with Crippen molar-refractivity contribution in [1.29, 1.82) is 0 Å². The van der Waals surface area contributed by atoms with E-state index in [1.807, 2.05) is 35.2 Å². The molecule has 19 heavy (non-hydrogen) atoms. The van der Waals surface area contributed by atoms with E-state index < -0.39 is 0 Å². The minimum absolute atomic E-state index is 0.0167. The first-order chi connectivity index (χ1) is 9.15. The van der Waals surface area contributed by atoms with Crippen molar-refractivity contribution < 1.29 is 4.79 Å². The minimum Gasteiger partial charge on any atom is -0.337 e. The second kappa shape index (κ2) is 4.82. The molecule has 1 aliphatic heterocycles. The Kier molecular flexibility index (Phi) is 3.15. The van der Waals surface area contributed by atoms with Gasteiger partial charge in [-0.05, 0) is 23.8 Å². The zero-order chi connectivity index (χ0) is 13.4. The Morgan fingerprint density at radius 2 is 2.21 bits per heavy atom. The molecule has 98 valence electrons. The maximum Gasteiger partial charge on any atom is 0.272 e. The van der Waals surface area contributed by atoms with E-state index in [4.69, 9.17) is 11.6 Å². The van der Waals surface area contributed by atoms with Crippen LogP contribution < -0.4 is 0 Å². The first-order valence-corrected chi connectivity index (χ1v) is 6.87. The maximum absolute atomic E-state index is 12.4. The summed E-state index contributed by atoms with van der Waals surface area (Å²) >= 11 is 6.16. The summed E-state index contributed by atoms with van der Waals surface area (Å²) in [6.07, 6.45) is 1.06. The zero-order valence-corrected chi connectivity index (χ0v) is 11.5. The Balaban J connectivity index is 1.99. The van der Waals surface area contributed by atoms with Crippen molar-refractivity contribution in [3.8, 4) is 0 Å². The van der Waals surface area contributed by atoms with Crippen LogP contribution in [-0.2, 0) is 0 Å². The summed E-state index contributed by atoms with van der Waals surface area (Å²) in [6.45, 7) is 3.78. The van der Waals surface area contributed by atoms with E-state index >= 15 is 0 Å². The molecule has 1 amide bonds. The zero-order valence-electron chi connectivity index (χ0n) is 10.8. The number of pyridine rings is 1. The monoisotopic (exact) mass is 274 g/mol. The highest BCUT2D eigenvalue weighted by atomic mass is 35.5. The molecule has 0 saturated carbocycles. The van der Waals surface area contributed by atoms with E-state index in [2.05, 4.69) is 11.9 Å². The fourth-order valence-electron chi connectivity index (χ4n) is 2.55. The lowest BCUT2D eigenvalue weighted by Crippen LogP contribution is -2.29. The Labute approximate surface area is 117 Å². The van der Waals surface area contributed by atoms with Crippen LogP contribution in [0.2, 0.25) is 5.15 Å². The molecule has 1 fully saturated rings. The van der Waals surface area contributed by atoms with Crippen LogP contribution in [0.25, 0.3) is 10.8 Å². The van der Waals surface area contributed by atoms with Crippen LogP contribution in [0, 0.1) is 5.92 Å². The number of hydrogen-bond acceptors (Lipinski definition) is 2. The topological polar surface area (TPSA) is 33.2 Å². The van der Waals surface area contributed by atoms with E-state index in [1.165, 1.54) is 0 Å². The molecule has 2 aromatic rings.